The fourth-order valence-electron chi connectivity index (χ4n) is 1.98. The van der Waals surface area contributed by atoms with Crippen LogP contribution in [0.2, 0.25) is 0 Å². The number of imidazole rings is 1. The Morgan fingerprint density at radius 2 is 2.09 bits per heavy atom. The lowest BCUT2D eigenvalue weighted by Gasteiger charge is -2.19. The summed E-state index contributed by atoms with van der Waals surface area (Å²) in [6, 6.07) is 4.18. The summed E-state index contributed by atoms with van der Waals surface area (Å²) in [5.41, 5.74) is 6.82. The number of fused-ring (bicyclic) bond motifs is 1. The van der Waals surface area contributed by atoms with E-state index in [-0.39, 0.29) is 6.42 Å². The van der Waals surface area contributed by atoms with Gasteiger partial charge in [-0.1, -0.05) is 6.07 Å². The van der Waals surface area contributed by atoms with Crippen molar-refractivity contribution in [1.82, 2.24) is 9.55 Å². The first-order valence-electron chi connectivity index (χ1n) is 6.85. The van der Waals surface area contributed by atoms with E-state index in [4.69, 9.17) is 15.6 Å². The van der Waals surface area contributed by atoms with Gasteiger partial charge in [0.05, 0.1) is 11.0 Å². The lowest BCUT2D eigenvalue weighted by molar-refractivity contribution is -0.138. The number of carbonyl (C=O) groups is 2. The van der Waals surface area contributed by atoms with Crippen LogP contribution in [-0.4, -0.2) is 38.4 Å². The van der Waals surface area contributed by atoms with Crippen molar-refractivity contribution in [2.75, 3.05) is 0 Å². The zero-order chi connectivity index (χ0) is 16.5. The molecule has 0 saturated heterocycles. The quantitative estimate of drug-likeness (QED) is 0.895. The van der Waals surface area contributed by atoms with Gasteiger partial charge in [0.1, 0.15) is 18.0 Å². The van der Waals surface area contributed by atoms with Crippen LogP contribution in [0.4, 0.5) is 4.79 Å². The van der Waals surface area contributed by atoms with Crippen LogP contribution < -0.4 is 5.73 Å². The van der Waals surface area contributed by atoms with E-state index in [0.29, 0.717) is 16.6 Å². The Balaban J connectivity index is 2.33. The Hall–Kier alpha value is -2.41. The van der Waals surface area contributed by atoms with Crippen LogP contribution in [0.25, 0.3) is 11.0 Å². The molecule has 1 aromatic carbocycles. The standard InChI is InChI=1S/C15H19N3O4/c1-15(2,3)22-14(21)18-8-17-11-5-4-9(7-12(11)18)6-10(16)13(19)20/h4-5,7-8,10H,6,16H2,1-3H3,(H,19,20)/t10-/m1/s1. The molecule has 1 aromatic heterocycles. The highest BCUT2D eigenvalue weighted by Gasteiger charge is 2.20. The number of nitrogens with two attached hydrogens (primary N) is 1. The summed E-state index contributed by atoms with van der Waals surface area (Å²) >= 11 is 0. The van der Waals surface area contributed by atoms with E-state index in [1.165, 1.54) is 10.9 Å². The Kier molecular flexibility index (Phi) is 4.18. The molecule has 7 nitrogen and oxygen atoms in total. The maximum Gasteiger partial charge on any atom is 0.420 e. The van der Waals surface area contributed by atoms with Crippen LogP contribution in [0.3, 0.4) is 0 Å². The smallest absolute Gasteiger partial charge is 0.420 e. The summed E-state index contributed by atoms with van der Waals surface area (Å²) in [6.45, 7) is 5.34. The molecule has 2 aromatic rings. The van der Waals surface area contributed by atoms with E-state index in [0.717, 1.165) is 0 Å². The number of aromatic nitrogens is 2. The molecule has 0 saturated carbocycles. The summed E-state index contributed by atoms with van der Waals surface area (Å²) < 4.78 is 6.62. The molecule has 7 heteroatoms. The van der Waals surface area contributed by atoms with Crippen LogP contribution in [0.5, 0.6) is 0 Å². The highest BCUT2D eigenvalue weighted by molar-refractivity contribution is 5.87. The minimum atomic E-state index is -1.07. The molecule has 1 heterocycles. The second kappa shape index (κ2) is 5.76. The van der Waals surface area contributed by atoms with Crippen LogP contribution in [0.1, 0.15) is 26.3 Å². The minimum absolute atomic E-state index is 0.171. The van der Waals surface area contributed by atoms with Crippen molar-refractivity contribution in [3.8, 4) is 0 Å². The van der Waals surface area contributed by atoms with E-state index in [1.807, 2.05) is 0 Å². The molecule has 0 bridgehead atoms. The monoisotopic (exact) mass is 305 g/mol. The molecule has 0 fully saturated rings. The van der Waals surface area contributed by atoms with Crippen molar-refractivity contribution in [1.29, 1.82) is 0 Å². The Labute approximate surface area is 127 Å². The minimum Gasteiger partial charge on any atom is -0.480 e. The molecular formula is C15H19N3O4. The number of ether oxygens (including phenoxy) is 1. The summed E-state index contributed by atoms with van der Waals surface area (Å²) in [7, 11) is 0. The first kappa shape index (κ1) is 16.0. The molecule has 0 spiro atoms. The molecule has 0 aliphatic rings. The molecule has 22 heavy (non-hydrogen) atoms. The first-order chi connectivity index (χ1) is 10.2. The maximum absolute atomic E-state index is 12.2. The second-order valence-electron chi connectivity index (χ2n) is 6.07. The van der Waals surface area contributed by atoms with Gasteiger partial charge < -0.3 is 15.6 Å². The van der Waals surface area contributed by atoms with Gasteiger partial charge >= 0.3 is 12.1 Å². The van der Waals surface area contributed by atoms with Crippen molar-refractivity contribution in [3.05, 3.63) is 30.1 Å². The highest BCUT2D eigenvalue weighted by atomic mass is 16.6. The van der Waals surface area contributed by atoms with Crippen LogP contribution in [0.15, 0.2) is 24.5 Å². The third-order valence-electron chi connectivity index (χ3n) is 2.97. The maximum atomic E-state index is 12.2. The number of carbonyl (C=O) groups excluding carboxylic acids is 1. The topological polar surface area (TPSA) is 107 Å². The van der Waals surface area contributed by atoms with Crippen LogP contribution in [-0.2, 0) is 16.0 Å². The van der Waals surface area contributed by atoms with Crippen molar-refractivity contribution in [3.63, 3.8) is 0 Å². The fourth-order valence-corrected chi connectivity index (χ4v) is 1.98. The predicted octanol–water partition coefficient (Wildman–Crippen LogP) is 1.77. The number of aliphatic carboxylic acids is 1. The number of rotatable bonds is 3. The Morgan fingerprint density at radius 1 is 1.41 bits per heavy atom. The fraction of sp³-hybridized carbons (Fsp3) is 0.400. The van der Waals surface area contributed by atoms with Gasteiger partial charge in [-0.15, -0.1) is 0 Å². The number of nitrogens with zero attached hydrogens (tertiary/aromatic N) is 2. The highest BCUT2D eigenvalue weighted by Crippen LogP contribution is 2.18. The Bertz CT molecular complexity index is 715. The average molecular weight is 305 g/mol. The molecule has 0 unspecified atom stereocenters. The van der Waals surface area contributed by atoms with Gasteiger partial charge in [-0.2, -0.15) is 0 Å². The van der Waals surface area contributed by atoms with Crippen molar-refractivity contribution in [2.45, 2.75) is 38.8 Å². The van der Waals surface area contributed by atoms with Crippen LogP contribution >= 0.6 is 0 Å². The lowest BCUT2D eigenvalue weighted by Crippen LogP contribution is -2.32. The number of carboxylic acids is 1. The van der Waals surface area contributed by atoms with E-state index >= 15 is 0 Å². The zero-order valence-electron chi connectivity index (χ0n) is 12.7. The molecule has 3 N–H and O–H groups in total. The summed E-state index contributed by atoms with van der Waals surface area (Å²) in [4.78, 5) is 27.1. The SMILES string of the molecule is CC(C)(C)OC(=O)n1cnc2ccc(C[C@@H](N)C(=O)O)cc21. The van der Waals surface area contributed by atoms with Gasteiger partial charge in [0.2, 0.25) is 0 Å². The van der Waals surface area contributed by atoms with Crippen molar-refractivity contribution >= 4 is 23.1 Å². The number of benzene rings is 1. The molecule has 118 valence electrons. The normalized spacial score (nSPS) is 13.1. The molecule has 1 atom stereocenters. The molecular weight excluding hydrogens is 286 g/mol. The number of carboxylic acid groups (broad SMARTS) is 1. The van der Waals surface area contributed by atoms with Gasteiger partial charge in [0.25, 0.3) is 0 Å². The summed E-state index contributed by atoms with van der Waals surface area (Å²) in [6.07, 6.45) is 1.03. The molecule has 0 aliphatic carbocycles. The largest absolute Gasteiger partial charge is 0.480 e. The van der Waals surface area contributed by atoms with E-state index in [1.54, 1.807) is 39.0 Å². The third-order valence-corrected chi connectivity index (χ3v) is 2.97. The number of hydrogen-bond acceptors (Lipinski definition) is 5. The van der Waals surface area contributed by atoms with E-state index in [9.17, 15) is 9.59 Å². The first-order valence-corrected chi connectivity index (χ1v) is 6.85. The van der Waals surface area contributed by atoms with Crippen LogP contribution in [0, 0.1) is 0 Å². The second-order valence-corrected chi connectivity index (χ2v) is 6.07. The van der Waals surface area contributed by atoms with Crippen molar-refractivity contribution < 1.29 is 19.4 Å². The number of hydrogen-bond donors (Lipinski definition) is 2. The third kappa shape index (κ3) is 3.62. The predicted molar refractivity (Wildman–Crippen MR) is 80.7 cm³/mol. The van der Waals surface area contributed by atoms with Gasteiger partial charge in [0.15, 0.2) is 0 Å². The van der Waals surface area contributed by atoms with E-state index < -0.39 is 23.7 Å². The van der Waals surface area contributed by atoms with E-state index in [2.05, 4.69) is 4.98 Å². The molecule has 2 rings (SSSR count). The summed E-state index contributed by atoms with van der Waals surface area (Å²) in [5, 5.41) is 8.87. The van der Waals surface area contributed by atoms with Gasteiger partial charge in [-0.3, -0.25) is 4.79 Å². The summed E-state index contributed by atoms with van der Waals surface area (Å²) in [5.74, 6) is -1.07. The Morgan fingerprint density at radius 3 is 2.68 bits per heavy atom. The molecule has 0 aliphatic heterocycles. The van der Waals surface area contributed by atoms with Crippen molar-refractivity contribution in [2.24, 2.45) is 5.73 Å². The molecule has 0 amide bonds. The van der Waals surface area contributed by atoms with Gasteiger partial charge in [-0.25, -0.2) is 14.3 Å². The molecule has 0 radical (unpaired) electrons. The van der Waals surface area contributed by atoms with Gasteiger partial charge in [0, 0.05) is 0 Å². The zero-order valence-corrected chi connectivity index (χ0v) is 12.7. The lowest BCUT2D eigenvalue weighted by atomic mass is 10.1. The average Bonchev–Trinajstić information content (AvgIpc) is 2.79. The van der Waals surface area contributed by atoms with Gasteiger partial charge in [-0.05, 0) is 44.9 Å².